The number of aromatic nitrogens is 4. The quantitative estimate of drug-likeness (QED) is 0.789. The van der Waals surface area contributed by atoms with Crippen molar-refractivity contribution < 1.29 is 0 Å². The third-order valence-electron chi connectivity index (χ3n) is 4.03. The molecule has 0 bridgehead atoms. The fraction of sp³-hybridized carbons (Fsp3) is 0.643. The molecule has 3 heterocycles. The van der Waals surface area contributed by atoms with E-state index in [1.165, 1.54) is 19.3 Å². The summed E-state index contributed by atoms with van der Waals surface area (Å²) in [4.78, 5) is 11.0. The van der Waals surface area contributed by atoms with Crippen LogP contribution >= 0.6 is 0 Å². The van der Waals surface area contributed by atoms with E-state index in [-0.39, 0.29) is 0 Å². The molecule has 0 spiro atoms. The summed E-state index contributed by atoms with van der Waals surface area (Å²) >= 11 is 0. The van der Waals surface area contributed by atoms with Gasteiger partial charge in [-0.1, -0.05) is 13.8 Å². The lowest BCUT2D eigenvalue weighted by atomic mass is 9.85. The van der Waals surface area contributed by atoms with Gasteiger partial charge in [0.25, 0.3) is 5.78 Å². The summed E-state index contributed by atoms with van der Waals surface area (Å²) in [5.74, 6) is 1.82. The molecule has 1 fully saturated rings. The zero-order valence-electron chi connectivity index (χ0n) is 11.9. The Kier molecular flexibility index (Phi) is 2.92. The van der Waals surface area contributed by atoms with E-state index < -0.39 is 0 Å². The molecule has 19 heavy (non-hydrogen) atoms. The normalized spacial score (nSPS) is 19.6. The smallest absolute Gasteiger partial charge is 0.254 e. The van der Waals surface area contributed by atoms with Gasteiger partial charge in [0, 0.05) is 24.8 Å². The van der Waals surface area contributed by atoms with Gasteiger partial charge in [-0.15, -0.1) is 0 Å². The van der Waals surface area contributed by atoms with Crippen LogP contribution in [0, 0.1) is 12.3 Å². The number of aryl methyl sites for hydroxylation is 1. The molecule has 5 nitrogen and oxygen atoms in total. The van der Waals surface area contributed by atoms with E-state index in [9.17, 15) is 0 Å². The van der Waals surface area contributed by atoms with E-state index in [1.54, 1.807) is 6.33 Å². The first-order valence-corrected chi connectivity index (χ1v) is 6.97. The second kappa shape index (κ2) is 4.47. The van der Waals surface area contributed by atoms with E-state index in [0.717, 1.165) is 24.6 Å². The van der Waals surface area contributed by atoms with E-state index in [2.05, 4.69) is 39.9 Å². The van der Waals surface area contributed by atoms with Crippen molar-refractivity contribution in [2.45, 2.75) is 40.0 Å². The van der Waals surface area contributed by atoms with E-state index in [1.807, 2.05) is 11.4 Å². The van der Waals surface area contributed by atoms with E-state index in [4.69, 9.17) is 0 Å². The average molecular weight is 259 g/mol. The monoisotopic (exact) mass is 259 g/mol. The summed E-state index contributed by atoms with van der Waals surface area (Å²) in [7, 11) is 0. The van der Waals surface area contributed by atoms with Crippen LogP contribution in [0.1, 0.15) is 38.8 Å². The summed E-state index contributed by atoms with van der Waals surface area (Å²) in [5.41, 5.74) is 1.44. The first kappa shape index (κ1) is 12.4. The van der Waals surface area contributed by atoms with Gasteiger partial charge in [0.15, 0.2) is 0 Å². The van der Waals surface area contributed by atoms with Crippen LogP contribution in [-0.2, 0) is 0 Å². The fourth-order valence-corrected chi connectivity index (χ4v) is 2.79. The first-order chi connectivity index (χ1) is 9.05. The van der Waals surface area contributed by atoms with Crippen LogP contribution in [0.5, 0.6) is 0 Å². The number of hydrogen-bond donors (Lipinski definition) is 0. The highest BCUT2D eigenvalue weighted by molar-refractivity contribution is 5.47. The fourth-order valence-electron chi connectivity index (χ4n) is 2.79. The molecule has 102 valence electrons. The molecule has 1 aliphatic rings. The number of hydrogen-bond acceptors (Lipinski definition) is 4. The lowest BCUT2D eigenvalue weighted by Crippen LogP contribution is -2.27. The zero-order chi connectivity index (χ0) is 13.5. The molecular formula is C14H21N5. The Morgan fingerprint density at radius 2 is 2.05 bits per heavy atom. The minimum atomic E-state index is 0.443. The molecule has 0 aromatic carbocycles. The summed E-state index contributed by atoms with van der Waals surface area (Å²) in [6, 6.07) is 2.11. The molecule has 3 rings (SSSR count). The van der Waals surface area contributed by atoms with Gasteiger partial charge in [-0.3, -0.25) is 0 Å². The predicted molar refractivity (Wildman–Crippen MR) is 75.4 cm³/mol. The second-order valence-electron chi connectivity index (χ2n) is 6.23. The number of anilines is 1. The molecule has 0 unspecified atom stereocenters. The van der Waals surface area contributed by atoms with Crippen molar-refractivity contribution in [3.63, 3.8) is 0 Å². The zero-order valence-corrected chi connectivity index (χ0v) is 11.9. The van der Waals surface area contributed by atoms with Gasteiger partial charge < -0.3 is 4.90 Å². The molecule has 0 saturated carbocycles. The van der Waals surface area contributed by atoms with Crippen molar-refractivity contribution in [1.82, 2.24) is 19.6 Å². The minimum absolute atomic E-state index is 0.443. The van der Waals surface area contributed by atoms with Crippen LogP contribution in [0.15, 0.2) is 12.4 Å². The Labute approximate surface area is 113 Å². The Hall–Kier alpha value is -1.65. The SMILES string of the molecule is Cc1cc(N2CCCC(C)(C)CC2)n2ncnc2n1. The molecule has 2 aromatic heterocycles. The van der Waals surface area contributed by atoms with Crippen LogP contribution in [0.2, 0.25) is 0 Å². The lowest BCUT2D eigenvalue weighted by Gasteiger charge is -2.25. The highest BCUT2D eigenvalue weighted by Crippen LogP contribution is 2.31. The first-order valence-electron chi connectivity index (χ1n) is 6.97. The molecule has 0 amide bonds. The Balaban J connectivity index is 1.97. The molecule has 1 saturated heterocycles. The van der Waals surface area contributed by atoms with Gasteiger partial charge >= 0.3 is 0 Å². The predicted octanol–water partition coefficient (Wildman–Crippen LogP) is 2.45. The van der Waals surface area contributed by atoms with Crippen LogP contribution in [0.25, 0.3) is 5.78 Å². The van der Waals surface area contributed by atoms with Gasteiger partial charge in [0.2, 0.25) is 0 Å². The largest absolute Gasteiger partial charge is 0.356 e. The number of rotatable bonds is 1. The van der Waals surface area contributed by atoms with Crippen molar-refractivity contribution in [1.29, 1.82) is 0 Å². The maximum absolute atomic E-state index is 4.41. The van der Waals surface area contributed by atoms with Gasteiger partial charge in [-0.05, 0) is 31.6 Å². The van der Waals surface area contributed by atoms with Crippen LogP contribution in [0.3, 0.4) is 0 Å². The maximum atomic E-state index is 4.41. The summed E-state index contributed by atoms with van der Waals surface area (Å²) < 4.78 is 1.85. The Morgan fingerprint density at radius 3 is 2.89 bits per heavy atom. The lowest BCUT2D eigenvalue weighted by molar-refractivity contribution is 0.325. The van der Waals surface area contributed by atoms with E-state index in [0.29, 0.717) is 11.2 Å². The Bertz CT molecular complexity index is 587. The summed E-state index contributed by atoms with van der Waals surface area (Å²) in [6.45, 7) is 8.89. The second-order valence-corrected chi connectivity index (χ2v) is 6.23. The molecule has 2 aromatic rings. The van der Waals surface area contributed by atoms with Crippen LogP contribution in [-0.4, -0.2) is 32.7 Å². The molecule has 1 aliphatic heterocycles. The van der Waals surface area contributed by atoms with Crippen molar-refractivity contribution in [2.75, 3.05) is 18.0 Å². The van der Waals surface area contributed by atoms with Gasteiger partial charge in [0.05, 0.1) is 0 Å². The number of nitrogens with zero attached hydrogens (tertiary/aromatic N) is 5. The molecule has 0 atom stereocenters. The van der Waals surface area contributed by atoms with Crippen LogP contribution < -0.4 is 4.90 Å². The van der Waals surface area contributed by atoms with E-state index >= 15 is 0 Å². The maximum Gasteiger partial charge on any atom is 0.254 e. The third kappa shape index (κ3) is 2.41. The topological polar surface area (TPSA) is 46.3 Å². The molecule has 0 radical (unpaired) electrons. The van der Waals surface area contributed by atoms with Gasteiger partial charge in [0.1, 0.15) is 12.1 Å². The standard InChI is InChI=1S/C14H21N5/c1-11-9-12(19-13(17-11)15-10-16-19)18-7-4-5-14(2,3)6-8-18/h9-10H,4-8H2,1-3H3. The van der Waals surface area contributed by atoms with Gasteiger partial charge in [-0.2, -0.15) is 14.6 Å². The average Bonchev–Trinajstić information content (AvgIpc) is 2.72. The molecule has 0 aliphatic carbocycles. The van der Waals surface area contributed by atoms with Gasteiger partial charge in [-0.25, -0.2) is 4.98 Å². The summed E-state index contributed by atoms with van der Waals surface area (Å²) in [5, 5.41) is 4.30. The third-order valence-corrected chi connectivity index (χ3v) is 4.03. The minimum Gasteiger partial charge on any atom is -0.356 e. The highest BCUT2D eigenvalue weighted by atomic mass is 15.4. The van der Waals surface area contributed by atoms with Crippen molar-refractivity contribution in [3.8, 4) is 0 Å². The van der Waals surface area contributed by atoms with Crippen molar-refractivity contribution in [2.24, 2.45) is 5.41 Å². The molecule has 5 heteroatoms. The summed E-state index contributed by atoms with van der Waals surface area (Å²) in [6.07, 6.45) is 5.30. The molecule has 0 N–H and O–H groups in total. The number of fused-ring (bicyclic) bond motifs is 1. The highest BCUT2D eigenvalue weighted by Gasteiger charge is 2.24. The van der Waals surface area contributed by atoms with Crippen molar-refractivity contribution >= 4 is 11.6 Å². The van der Waals surface area contributed by atoms with Crippen LogP contribution in [0.4, 0.5) is 5.82 Å². The van der Waals surface area contributed by atoms with Crippen molar-refractivity contribution in [3.05, 3.63) is 18.1 Å². The Morgan fingerprint density at radius 1 is 1.21 bits per heavy atom. The molecular weight excluding hydrogens is 238 g/mol.